The molecular formula is C8H21IN6S2. The Balaban J connectivity index is 0. The molecule has 0 aromatic rings. The monoisotopic (exact) mass is 392 g/mol. The summed E-state index contributed by atoms with van der Waals surface area (Å²) in [7, 11) is 0. The van der Waals surface area contributed by atoms with Crippen LogP contribution in [-0.4, -0.2) is 21.8 Å². The third kappa shape index (κ3) is 13.9. The fourth-order valence-electron chi connectivity index (χ4n) is 0.986. The quantitative estimate of drug-likeness (QED) is 0.128. The Morgan fingerprint density at radius 2 is 1.12 bits per heavy atom. The Bertz CT molecular complexity index is 212. The predicted octanol–water partition coefficient (Wildman–Crippen LogP) is 1.01. The molecule has 8 N–H and O–H groups in total. The van der Waals surface area contributed by atoms with Crippen molar-refractivity contribution in [3.05, 3.63) is 0 Å². The molecule has 0 bridgehead atoms. The van der Waals surface area contributed by atoms with Crippen LogP contribution < -0.4 is 23.2 Å². The van der Waals surface area contributed by atoms with Gasteiger partial charge in [-0.15, -0.1) is 24.0 Å². The summed E-state index contributed by atoms with van der Waals surface area (Å²) in [5.41, 5.74) is 10.9. The lowest BCUT2D eigenvalue weighted by Gasteiger charge is -2.01. The van der Waals surface area contributed by atoms with Crippen molar-refractivity contribution in [2.75, 3.05) is 11.5 Å². The highest BCUT2D eigenvalue weighted by molar-refractivity contribution is 14.0. The molecule has 0 aliphatic rings. The summed E-state index contributed by atoms with van der Waals surface area (Å²) in [4.78, 5) is 0. The molecule has 0 aromatic heterocycles. The van der Waals surface area contributed by atoms with Gasteiger partial charge in [-0.2, -0.15) is 10.2 Å². The van der Waals surface area contributed by atoms with Gasteiger partial charge in [0.25, 0.3) is 0 Å². The van der Waals surface area contributed by atoms with Crippen LogP contribution in [0.4, 0.5) is 0 Å². The van der Waals surface area contributed by atoms with Crippen LogP contribution in [0.2, 0.25) is 0 Å². The average Bonchev–Trinajstić information content (AvgIpc) is 2.31. The lowest BCUT2D eigenvalue weighted by Crippen LogP contribution is -2.10. The normalized spacial score (nSPS) is 12.2. The Labute approximate surface area is 128 Å². The molecule has 0 aliphatic heterocycles. The highest BCUT2D eigenvalue weighted by Crippen LogP contribution is 2.10. The zero-order chi connectivity index (χ0) is 12.2. The summed E-state index contributed by atoms with van der Waals surface area (Å²) in [6.45, 7) is 0. The Morgan fingerprint density at radius 3 is 1.41 bits per heavy atom. The van der Waals surface area contributed by atoms with Gasteiger partial charge in [-0.25, -0.2) is 0 Å². The minimum atomic E-state index is 0. The molecule has 17 heavy (non-hydrogen) atoms. The molecule has 0 atom stereocenters. The third-order valence-electron chi connectivity index (χ3n) is 1.79. The number of amidine groups is 2. The molecular weight excluding hydrogens is 371 g/mol. The summed E-state index contributed by atoms with van der Waals surface area (Å²) in [6.07, 6.45) is 4.58. The Hall–Kier alpha value is -0.0300. The van der Waals surface area contributed by atoms with Crippen LogP contribution >= 0.6 is 47.5 Å². The fraction of sp³-hybridized carbons (Fsp3) is 0.750. The van der Waals surface area contributed by atoms with Crippen molar-refractivity contribution in [3.8, 4) is 0 Å². The van der Waals surface area contributed by atoms with E-state index in [-0.39, 0.29) is 24.0 Å². The van der Waals surface area contributed by atoms with E-state index in [2.05, 4.69) is 10.2 Å². The zero-order valence-electron chi connectivity index (χ0n) is 9.67. The maximum Gasteiger partial charge on any atom is 0.177 e. The average molecular weight is 392 g/mol. The maximum atomic E-state index is 5.43. The number of halogens is 1. The highest BCUT2D eigenvalue weighted by Gasteiger charge is 1.96. The number of hydrazone groups is 2. The number of hydrogen-bond donors (Lipinski definition) is 4. The fourth-order valence-corrected chi connectivity index (χ4v) is 2.25. The van der Waals surface area contributed by atoms with Crippen LogP contribution in [0, 0.1) is 0 Å². The minimum Gasteiger partial charge on any atom is -0.377 e. The smallest absolute Gasteiger partial charge is 0.177 e. The summed E-state index contributed by atoms with van der Waals surface area (Å²) in [6, 6.07) is 0. The van der Waals surface area contributed by atoms with Crippen LogP contribution in [-0.2, 0) is 0 Å². The number of nitrogens with two attached hydrogens (primary N) is 4. The van der Waals surface area contributed by atoms with E-state index in [9.17, 15) is 0 Å². The van der Waals surface area contributed by atoms with Crippen LogP contribution in [0.5, 0.6) is 0 Å². The van der Waals surface area contributed by atoms with E-state index >= 15 is 0 Å². The molecule has 6 nitrogen and oxygen atoms in total. The first-order valence-corrected chi connectivity index (χ1v) is 7.00. The molecule has 0 aliphatic carbocycles. The number of hydrogen-bond acceptors (Lipinski definition) is 6. The molecule has 0 radical (unpaired) electrons. The molecule has 102 valence electrons. The van der Waals surface area contributed by atoms with E-state index in [1.165, 1.54) is 36.4 Å². The van der Waals surface area contributed by atoms with E-state index in [0.29, 0.717) is 10.3 Å². The molecule has 0 heterocycles. The first kappa shape index (κ1) is 19.3. The van der Waals surface area contributed by atoms with Crippen molar-refractivity contribution in [3.63, 3.8) is 0 Å². The van der Waals surface area contributed by atoms with Crippen molar-refractivity contribution in [2.24, 2.45) is 33.4 Å². The minimum absolute atomic E-state index is 0. The number of thioether (sulfide) groups is 2. The molecule has 0 amide bonds. The topological polar surface area (TPSA) is 129 Å². The van der Waals surface area contributed by atoms with E-state index in [0.717, 1.165) is 24.3 Å². The lowest BCUT2D eigenvalue weighted by atomic mass is 10.2. The van der Waals surface area contributed by atoms with Gasteiger partial charge in [0.2, 0.25) is 0 Å². The second kappa shape index (κ2) is 14.0. The standard InChI is InChI=1S/C8H20N6S2.HI/c9-7(13-11)15-5-3-1-2-4-6-16-8(10)14-12;/h1-6,11-12H2,(H2,9,13)(H2,10,14);1H. The van der Waals surface area contributed by atoms with Gasteiger partial charge in [0.1, 0.15) is 0 Å². The van der Waals surface area contributed by atoms with Crippen molar-refractivity contribution >= 4 is 57.8 Å². The molecule has 0 aromatic carbocycles. The largest absolute Gasteiger partial charge is 0.377 e. The molecule has 0 unspecified atom stereocenters. The molecule has 9 heteroatoms. The second-order valence-electron chi connectivity index (χ2n) is 3.05. The first-order valence-electron chi connectivity index (χ1n) is 5.03. The SMILES string of the molecule is I.N/N=C(\N)SCCCCCCS/C(N)=N/N. The van der Waals surface area contributed by atoms with Gasteiger partial charge >= 0.3 is 0 Å². The number of rotatable bonds is 7. The van der Waals surface area contributed by atoms with Gasteiger partial charge < -0.3 is 23.2 Å². The maximum absolute atomic E-state index is 5.43. The lowest BCUT2D eigenvalue weighted by molar-refractivity contribution is 0.712. The van der Waals surface area contributed by atoms with Crippen molar-refractivity contribution in [2.45, 2.75) is 25.7 Å². The van der Waals surface area contributed by atoms with E-state index in [4.69, 9.17) is 23.2 Å². The van der Waals surface area contributed by atoms with Crippen LogP contribution in [0.1, 0.15) is 25.7 Å². The van der Waals surface area contributed by atoms with E-state index < -0.39 is 0 Å². The third-order valence-corrected chi connectivity index (χ3v) is 3.58. The first-order chi connectivity index (χ1) is 7.70. The highest BCUT2D eigenvalue weighted by atomic mass is 127. The number of unbranched alkanes of at least 4 members (excludes halogenated alkanes) is 3. The van der Waals surface area contributed by atoms with Crippen molar-refractivity contribution in [1.82, 2.24) is 0 Å². The summed E-state index contributed by atoms with van der Waals surface area (Å²) < 4.78 is 0. The van der Waals surface area contributed by atoms with Crippen LogP contribution in [0.3, 0.4) is 0 Å². The van der Waals surface area contributed by atoms with Gasteiger partial charge in [0.15, 0.2) is 10.3 Å². The van der Waals surface area contributed by atoms with Crippen molar-refractivity contribution < 1.29 is 0 Å². The molecule has 0 saturated carbocycles. The number of nitrogens with zero attached hydrogens (tertiary/aromatic N) is 2. The van der Waals surface area contributed by atoms with Crippen LogP contribution in [0.15, 0.2) is 10.2 Å². The van der Waals surface area contributed by atoms with Crippen molar-refractivity contribution in [1.29, 1.82) is 0 Å². The summed E-state index contributed by atoms with van der Waals surface area (Å²) in [5.74, 6) is 11.9. The zero-order valence-corrected chi connectivity index (χ0v) is 13.6. The predicted molar refractivity (Wildman–Crippen MR) is 90.4 cm³/mol. The van der Waals surface area contributed by atoms with Gasteiger partial charge in [0.05, 0.1) is 0 Å². The van der Waals surface area contributed by atoms with Crippen LogP contribution in [0.25, 0.3) is 0 Å². The summed E-state index contributed by atoms with van der Waals surface area (Å²) >= 11 is 2.98. The van der Waals surface area contributed by atoms with Gasteiger partial charge in [0, 0.05) is 11.5 Å². The van der Waals surface area contributed by atoms with E-state index in [1.807, 2.05) is 0 Å². The molecule has 0 fully saturated rings. The van der Waals surface area contributed by atoms with E-state index in [1.54, 1.807) is 0 Å². The van der Waals surface area contributed by atoms with Gasteiger partial charge in [-0.3, -0.25) is 0 Å². The molecule has 0 saturated heterocycles. The Kier molecular flexibility index (Phi) is 15.9. The molecule has 0 rings (SSSR count). The summed E-state index contributed by atoms with van der Waals surface area (Å²) in [5, 5.41) is 7.65. The molecule has 0 spiro atoms. The Morgan fingerprint density at radius 1 is 0.765 bits per heavy atom. The second-order valence-corrected chi connectivity index (χ2v) is 5.28. The van der Waals surface area contributed by atoms with Gasteiger partial charge in [-0.1, -0.05) is 36.4 Å². The van der Waals surface area contributed by atoms with Gasteiger partial charge in [-0.05, 0) is 12.8 Å².